The Bertz CT molecular complexity index is 294. The summed E-state index contributed by atoms with van der Waals surface area (Å²) in [6.07, 6.45) is 2.67. The first-order valence-corrected chi connectivity index (χ1v) is 7.38. The van der Waals surface area contributed by atoms with Gasteiger partial charge in [0.05, 0.1) is 9.89 Å². The molecule has 0 spiro atoms. The summed E-state index contributed by atoms with van der Waals surface area (Å²) in [5.41, 5.74) is 1.31. The second-order valence-corrected chi connectivity index (χ2v) is 6.51. The van der Waals surface area contributed by atoms with Crippen LogP contribution in [0.25, 0.3) is 0 Å². The SMILES string of the molecule is CCC(O)CCCNCc1cc(C)c(Br)s1. The third-order valence-corrected chi connectivity index (χ3v) is 4.71. The Labute approximate surface area is 110 Å². The molecule has 0 radical (unpaired) electrons. The Morgan fingerprint density at radius 2 is 2.31 bits per heavy atom. The molecule has 0 saturated heterocycles. The van der Waals surface area contributed by atoms with Gasteiger partial charge < -0.3 is 10.4 Å². The Hall–Kier alpha value is 0.1000. The molecule has 0 aliphatic carbocycles. The van der Waals surface area contributed by atoms with Gasteiger partial charge in [0.25, 0.3) is 0 Å². The van der Waals surface area contributed by atoms with Gasteiger partial charge in [-0.05, 0) is 60.3 Å². The zero-order valence-corrected chi connectivity index (χ0v) is 12.3. The fourth-order valence-electron chi connectivity index (χ4n) is 1.49. The summed E-state index contributed by atoms with van der Waals surface area (Å²) in [5.74, 6) is 0. The van der Waals surface area contributed by atoms with Gasteiger partial charge in [-0.3, -0.25) is 0 Å². The van der Waals surface area contributed by atoms with E-state index >= 15 is 0 Å². The lowest BCUT2D eigenvalue weighted by molar-refractivity contribution is 0.157. The van der Waals surface area contributed by atoms with Gasteiger partial charge in [0.15, 0.2) is 0 Å². The maximum atomic E-state index is 9.38. The summed E-state index contributed by atoms with van der Waals surface area (Å²) >= 11 is 5.31. The van der Waals surface area contributed by atoms with Crippen LogP contribution in [0.4, 0.5) is 0 Å². The zero-order valence-electron chi connectivity index (χ0n) is 9.92. The summed E-state index contributed by atoms with van der Waals surface area (Å²) in [4.78, 5) is 1.36. The number of hydrogen-bond acceptors (Lipinski definition) is 3. The van der Waals surface area contributed by atoms with E-state index in [-0.39, 0.29) is 6.10 Å². The van der Waals surface area contributed by atoms with Crippen LogP contribution in [0.2, 0.25) is 0 Å². The van der Waals surface area contributed by atoms with E-state index in [4.69, 9.17) is 0 Å². The van der Waals surface area contributed by atoms with E-state index in [9.17, 15) is 5.11 Å². The number of hydrogen-bond donors (Lipinski definition) is 2. The Kier molecular flexibility index (Phi) is 6.58. The van der Waals surface area contributed by atoms with Crippen molar-refractivity contribution in [1.82, 2.24) is 5.32 Å². The van der Waals surface area contributed by atoms with Crippen LogP contribution in [-0.2, 0) is 6.54 Å². The highest BCUT2D eigenvalue weighted by atomic mass is 79.9. The van der Waals surface area contributed by atoms with E-state index in [1.54, 1.807) is 11.3 Å². The zero-order chi connectivity index (χ0) is 12.0. The monoisotopic (exact) mass is 305 g/mol. The normalized spacial score (nSPS) is 13.0. The van der Waals surface area contributed by atoms with Crippen molar-refractivity contribution >= 4 is 27.3 Å². The molecule has 2 nitrogen and oxygen atoms in total. The van der Waals surface area contributed by atoms with E-state index in [0.717, 1.165) is 32.4 Å². The molecule has 1 aromatic rings. The summed E-state index contributed by atoms with van der Waals surface area (Å²) in [5, 5.41) is 12.8. The molecule has 0 fully saturated rings. The van der Waals surface area contributed by atoms with Crippen molar-refractivity contribution in [1.29, 1.82) is 0 Å². The fourth-order valence-corrected chi connectivity index (χ4v) is 3.09. The summed E-state index contributed by atoms with van der Waals surface area (Å²) in [6, 6.07) is 2.21. The van der Waals surface area contributed by atoms with Crippen molar-refractivity contribution in [2.45, 2.75) is 45.8 Å². The molecule has 4 heteroatoms. The second kappa shape index (κ2) is 7.43. The van der Waals surface area contributed by atoms with Crippen LogP contribution in [0.5, 0.6) is 0 Å². The molecule has 1 heterocycles. The van der Waals surface area contributed by atoms with E-state index in [1.807, 2.05) is 6.92 Å². The lowest BCUT2D eigenvalue weighted by Crippen LogP contribution is -2.16. The summed E-state index contributed by atoms with van der Waals surface area (Å²) < 4.78 is 1.23. The first-order chi connectivity index (χ1) is 7.63. The number of rotatable bonds is 7. The van der Waals surface area contributed by atoms with Gasteiger partial charge in [0, 0.05) is 11.4 Å². The van der Waals surface area contributed by atoms with E-state index in [2.05, 4.69) is 34.2 Å². The molecule has 0 aliphatic heterocycles. The third-order valence-electron chi connectivity index (χ3n) is 2.57. The van der Waals surface area contributed by atoms with Crippen LogP contribution in [0.15, 0.2) is 9.85 Å². The van der Waals surface area contributed by atoms with Gasteiger partial charge in [0.2, 0.25) is 0 Å². The smallest absolute Gasteiger partial charge is 0.0730 e. The third kappa shape index (κ3) is 4.95. The maximum Gasteiger partial charge on any atom is 0.0730 e. The second-order valence-electron chi connectivity index (χ2n) is 4.05. The Balaban J connectivity index is 2.11. The number of aliphatic hydroxyl groups is 1. The molecule has 2 N–H and O–H groups in total. The fraction of sp³-hybridized carbons (Fsp3) is 0.667. The van der Waals surface area contributed by atoms with E-state index in [1.165, 1.54) is 14.2 Å². The molecule has 1 rings (SSSR count). The molecule has 0 saturated carbocycles. The van der Waals surface area contributed by atoms with Crippen LogP contribution < -0.4 is 5.32 Å². The molecule has 1 atom stereocenters. The summed E-state index contributed by atoms with van der Waals surface area (Å²) in [7, 11) is 0. The lowest BCUT2D eigenvalue weighted by Gasteiger charge is -2.07. The minimum atomic E-state index is -0.125. The molecule has 0 amide bonds. The van der Waals surface area contributed by atoms with Crippen molar-refractivity contribution in [3.8, 4) is 0 Å². The highest BCUT2D eigenvalue weighted by Crippen LogP contribution is 2.27. The van der Waals surface area contributed by atoms with Gasteiger partial charge in [-0.2, -0.15) is 0 Å². The molecule has 1 unspecified atom stereocenters. The van der Waals surface area contributed by atoms with Crippen LogP contribution in [0.3, 0.4) is 0 Å². The van der Waals surface area contributed by atoms with Gasteiger partial charge in [-0.1, -0.05) is 6.92 Å². The quantitative estimate of drug-likeness (QED) is 0.756. The molecule has 92 valence electrons. The van der Waals surface area contributed by atoms with Gasteiger partial charge >= 0.3 is 0 Å². The molecule has 0 aliphatic rings. The van der Waals surface area contributed by atoms with Gasteiger partial charge in [0.1, 0.15) is 0 Å². The average Bonchev–Trinajstić information content (AvgIpc) is 2.57. The molecular formula is C12H20BrNOS. The average molecular weight is 306 g/mol. The highest BCUT2D eigenvalue weighted by molar-refractivity contribution is 9.11. The number of aliphatic hydroxyl groups excluding tert-OH is 1. The lowest BCUT2D eigenvalue weighted by atomic mass is 10.1. The van der Waals surface area contributed by atoms with Crippen LogP contribution >= 0.6 is 27.3 Å². The van der Waals surface area contributed by atoms with Crippen molar-refractivity contribution in [2.75, 3.05) is 6.54 Å². The van der Waals surface area contributed by atoms with Crippen LogP contribution in [0, 0.1) is 6.92 Å². The molecule has 0 bridgehead atoms. The van der Waals surface area contributed by atoms with Crippen LogP contribution in [0.1, 0.15) is 36.6 Å². The van der Waals surface area contributed by atoms with Crippen molar-refractivity contribution in [3.63, 3.8) is 0 Å². The van der Waals surface area contributed by atoms with Crippen LogP contribution in [-0.4, -0.2) is 17.8 Å². The Morgan fingerprint density at radius 3 is 2.88 bits per heavy atom. The molecule has 1 aromatic heterocycles. The standard InChI is InChI=1S/C12H20BrNOS/c1-3-10(15)5-4-6-14-8-11-7-9(2)12(13)16-11/h7,10,14-15H,3-6,8H2,1-2H3. The minimum absolute atomic E-state index is 0.125. The largest absolute Gasteiger partial charge is 0.393 e. The van der Waals surface area contributed by atoms with E-state index in [0.29, 0.717) is 0 Å². The van der Waals surface area contributed by atoms with Gasteiger partial charge in [-0.15, -0.1) is 11.3 Å². The maximum absolute atomic E-state index is 9.38. The predicted octanol–water partition coefficient (Wildman–Crippen LogP) is 3.46. The number of nitrogens with one attached hydrogen (secondary N) is 1. The molecular weight excluding hydrogens is 286 g/mol. The minimum Gasteiger partial charge on any atom is -0.393 e. The highest BCUT2D eigenvalue weighted by Gasteiger charge is 2.03. The van der Waals surface area contributed by atoms with Crippen molar-refractivity contribution < 1.29 is 5.11 Å². The number of thiophene rings is 1. The molecule has 16 heavy (non-hydrogen) atoms. The first kappa shape index (κ1) is 14.2. The predicted molar refractivity (Wildman–Crippen MR) is 74.0 cm³/mol. The first-order valence-electron chi connectivity index (χ1n) is 5.77. The summed E-state index contributed by atoms with van der Waals surface area (Å²) in [6.45, 7) is 6.04. The van der Waals surface area contributed by atoms with Crippen molar-refractivity contribution in [2.24, 2.45) is 0 Å². The van der Waals surface area contributed by atoms with E-state index < -0.39 is 0 Å². The topological polar surface area (TPSA) is 32.3 Å². The van der Waals surface area contributed by atoms with Crippen molar-refractivity contribution in [3.05, 3.63) is 20.3 Å². The van der Waals surface area contributed by atoms with Gasteiger partial charge in [-0.25, -0.2) is 0 Å². The Morgan fingerprint density at radius 1 is 1.56 bits per heavy atom. The number of halogens is 1. The molecule has 0 aromatic carbocycles. The number of aryl methyl sites for hydroxylation is 1.